The monoisotopic (exact) mass is 266 g/mol. The van der Waals surface area contributed by atoms with Crippen LogP contribution in [0, 0.1) is 0 Å². The molecule has 3 heteroatoms. The van der Waals surface area contributed by atoms with Crippen LogP contribution in [0.4, 0.5) is 5.69 Å². The van der Waals surface area contributed by atoms with Crippen molar-refractivity contribution in [2.75, 3.05) is 5.32 Å². The Labute approximate surface area is 118 Å². The van der Waals surface area contributed by atoms with Gasteiger partial charge in [0.2, 0.25) is 5.91 Å². The Morgan fingerprint density at radius 2 is 1.70 bits per heavy atom. The van der Waals surface area contributed by atoms with E-state index in [-0.39, 0.29) is 0 Å². The summed E-state index contributed by atoms with van der Waals surface area (Å²) in [7, 11) is 0. The zero-order valence-electron chi connectivity index (χ0n) is 11.3. The molecule has 2 aromatic rings. The molecule has 0 aliphatic heterocycles. The van der Waals surface area contributed by atoms with Crippen LogP contribution in [0.1, 0.15) is 40.2 Å². The normalized spacial score (nSPS) is 14.0. The summed E-state index contributed by atoms with van der Waals surface area (Å²) >= 11 is 0. The quantitative estimate of drug-likeness (QED) is 0.872. The van der Waals surface area contributed by atoms with Gasteiger partial charge in [-0.3, -0.25) is 4.79 Å². The molecular weight excluding hydrogens is 248 g/mol. The molecule has 1 aliphatic carbocycles. The number of carbonyl (C=O) groups is 1. The Hall–Kier alpha value is -2.29. The molecule has 0 radical (unpaired) electrons. The topological polar surface area (TPSA) is 55.1 Å². The predicted molar refractivity (Wildman–Crippen MR) is 80.7 cm³/mol. The fourth-order valence-corrected chi connectivity index (χ4v) is 2.28. The second-order valence-corrected chi connectivity index (χ2v) is 5.31. The maximum absolute atomic E-state index is 11.0. The maximum Gasteiger partial charge on any atom is 0.248 e. The number of amides is 1. The van der Waals surface area contributed by atoms with Crippen LogP contribution in [0.25, 0.3) is 0 Å². The highest BCUT2D eigenvalue weighted by molar-refractivity contribution is 5.93. The molecular formula is C17H18N2O. The Balaban J connectivity index is 1.59. The summed E-state index contributed by atoms with van der Waals surface area (Å²) in [6.07, 6.45) is 2.67. The van der Waals surface area contributed by atoms with Gasteiger partial charge in [-0.25, -0.2) is 0 Å². The van der Waals surface area contributed by atoms with Gasteiger partial charge in [0, 0.05) is 17.8 Å². The van der Waals surface area contributed by atoms with Crippen LogP contribution in [0.5, 0.6) is 0 Å². The van der Waals surface area contributed by atoms with Crippen molar-refractivity contribution in [2.45, 2.75) is 25.3 Å². The van der Waals surface area contributed by atoms with Crippen molar-refractivity contribution in [3.8, 4) is 0 Å². The number of carbonyl (C=O) groups excluding carboxylic acids is 1. The number of benzene rings is 2. The number of anilines is 1. The summed E-state index contributed by atoms with van der Waals surface area (Å²) in [6, 6.07) is 16.0. The Morgan fingerprint density at radius 3 is 2.25 bits per heavy atom. The van der Waals surface area contributed by atoms with Gasteiger partial charge in [0.1, 0.15) is 0 Å². The van der Waals surface area contributed by atoms with Gasteiger partial charge >= 0.3 is 0 Å². The molecule has 0 aromatic heterocycles. The molecule has 1 aliphatic rings. The molecule has 0 unspecified atom stereocenters. The van der Waals surface area contributed by atoms with Crippen molar-refractivity contribution >= 4 is 11.6 Å². The maximum atomic E-state index is 11.0. The van der Waals surface area contributed by atoms with Crippen molar-refractivity contribution < 1.29 is 4.79 Å². The van der Waals surface area contributed by atoms with Gasteiger partial charge < -0.3 is 11.1 Å². The van der Waals surface area contributed by atoms with E-state index < -0.39 is 5.91 Å². The van der Waals surface area contributed by atoms with Gasteiger partial charge in [-0.15, -0.1) is 0 Å². The highest BCUT2D eigenvalue weighted by Gasteiger charge is 2.22. The first-order valence-corrected chi connectivity index (χ1v) is 6.95. The molecule has 2 aromatic carbocycles. The summed E-state index contributed by atoms with van der Waals surface area (Å²) in [5.74, 6) is 0.408. The first-order valence-electron chi connectivity index (χ1n) is 6.95. The van der Waals surface area contributed by atoms with Crippen LogP contribution in [0.3, 0.4) is 0 Å². The minimum atomic E-state index is -0.396. The van der Waals surface area contributed by atoms with Crippen LogP contribution in [0.2, 0.25) is 0 Å². The lowest BCUT2D eigenvalue weighted by atomic mass is 10.1. The molecule has 3 nitrogen and oxygen atoms in total. The molecule has 3 N–H and O–H groups in total. The van der Waals surface area contributed by atoms with Crippen LogP contribution in [-0.2, 0) is 6.54 Å². The van der Waals surface area contributed by atoms with E-state index in [9.17, 15) is 4.79 Å². The lowest BCUT2D eigenvalue weighted by molar-refractivity contribution is 0.100. The van der Waals surface area contributed by atoms with Crippen molar-refractivity contribution in [1.82, 2.24) is 0 Å². The SMILES string of the molecule is NC(=O)c1ccc(NCc2ccc(C3CC3)cc2)cc1. The Bertz CT molecular complexity index is 598. The number of hydrogen-bond donors (Lipinski definition) is 2. The Morgan fingerprint density at radius 1 is 1.05 bits per heavy atom. The number of hydrogen-bond acceptors (Lipinski definition) is 2. The zero-order chi connectivity index (χ0) is 13.9. The molecule has 3 rings (SSSR count). The second-order valence-electron chi connectivity index (χ2n) is 5.31. The predicted octanol–water partition coefficient (Wildman–Crippen LogP) is 3.28. The lowest BCUT2D eigenvalue weighted by Gasteiger charge is -2.08. The average molecular weight is 266 g/mol. The molecule has 0 spiro atoms. The first kappa shape index (κ1) is 12.7. The fourth-order valence-electron chi connectivity index (χ4n) is 2.28. The van der Waals surface area contributed by atoms with Crippen molar-refractivity contribution in [2.24, 2.45) is 5.73 Å². The summed E-state index contributed by atoms with van der Waals surface area (Å²) in [6.45, 7) is 0.779. The van der Waals surface area contributed by atoms with Crippen LogP contribution < -0.4 is 11.1 Å². The third-order valence-electron chi connectivity index (χ3n) is 3.69. The van der Waals surface area contributed by atoms with E-state index in [1.165, 1.54) is 24.0 Å². The largest absolute Gasteiger partial charge is 0.381 e. The zero-order valence-corrected chi connectivity index (χ0v) is 11.3. The summed E-state index contributed by atoms with van der Waals surface area (Å²) < 4.78 is 0. The summed E-state index contributed by atoms with van der Waals surface area (Å²) in [5.41, 5.74) is 9.45. The number of primary amides is 1. The molecule has 1 saturated carbocycles. The van der Waals surface area contributed by atoms with Gasteiger partial charge in [-0.1, -0.05) is 24.3 Å². The molecule has 20 heavy (non-hydrogen) atoms. The van der Waals surface area contributed by atoms with Gasteiger partial charge in [-0.05, 0) is 54.2 Å². The van der Waals surface area contributed by atoms with Crippen molar-refractivity contribution in [1.29, 1.82) is 0 Å². The van der Waals surface area contributed by atoms with E-state index in [4.69, 9.17) is 5.73 Å². The van der Waals surface area contributed by atoms with Gasteiger partial charge in [0.05, 0.1) is 0 Å². The minimum Gasteiger partial charge on any atom is -0.381 e. The molecule has 0 saturated heterocycles. The van der Waals surface area contributed by atoms with E-state index in [2.05, 4.69) is 29.6 Å². The van der Waals surface area contributed by atoms with Crippen LogP contribution in [-0.4, -0.2) is 5.91 Å². The smallest absolute Gasteiger partial charge is 0.248 e. The van der Waals surface area contributed by atoms with Gasteiger partial charge in [0.25, 0.3) is 0 Å². The standard InChI is InChI=1S/C17H18N2O/c18-17(20)15-7-9-16(10-8-15)19-11-12-1-3-13(4-2-12)14-5-6-14/h1-4,7-10,14,19H,5-6,11H2,(H2,18,20). The third kappa shape index (κ3) is 2.99. The third-order valence-corrected chi connectivity index (χ3v) is 3.69. The second kappa shape index (κ2) is 5.37. The summed E-state index contributed by atoms with van der Waals surface area (Å²) in [5, 5.41) is 3.34. The van der Waals surface area contributed by atoms with E-state index >= 15 is 0 Å². The number of nitrogens with two attached hydrogens (primary N) is 1. The summed E-state index contributed by atoms with van der Waals surface area (Å²) in [4.78, 5) is 11.0. The van der Waals surface area contributed by atoms with Gasteiger partial charge in [-0.2, -0.15) is 0 Å². The molecule has 0 bridgehead atoms. The highest BCUT2D eigenvalue weighted by Crippen LogP contribution is 2.39. The van der Waals surface area contributed by atoms with Crippen molar-refractivity contribution in [3.05, 3.63) is 65.2 Å². The molecule has 102 valence electrons. The Kier molecular flexibility index (Phi) is 3.42. The highest BCUT2D eigenvalue weighted by atomic mass is 16.1. The van der Waals surface area contributed by atoms with Crippen molar-refractivity contribution in [3.63, 3.8) is 0 Å². The molecule has 0 atom stereocenters. The van der Waals surface area contributed by atoms with E-state index in [0.29, 0.717) is 5.56 Å². The average Bonchev–Trinajstić information content (AvgIpc) is 3.31. The van der Waals surface area contributed by atoms with Crippen LogP contribution in [0.15, 0.2) is 48.5 Å². The fraction of sp³-hybridized carbons (Fsp3) is 0.235. The number of nitrogens with one attached hydrogen (secondary N) is 1. The van der Waals surface area contributed by atoms with E-state index in [0.717, 1.165) is 18.2 Å². The molecule has 1 fully saturated rings. The first-order chi connectivity index (χ1) is 9.72. The van der Waals surface area contributed by atoms with E-state index in [1.54, 1.807) is 12.1 Å². The van der Waals surface area contributed by atoms with Crippen LogP contribution >= 0.6 is 0 Å². The lowest BCUT2D eigenvalue weighted by Crippen LogP contribution is -2.10. The molecule has 0 heterocycles. The number of rotatable bonds is 5. The van der Waals surface area contributed by atoms with Gasteiger partial charge in [0.15, 0.2) is 0 Å². The van der Waals surface area contributed by atoms with E-state index in [1.807, 2.05) is 12.1 Å². The minimum absolute atomic E-state index is 0.396. The molecule has 1 amide bonds.